The van der Waals surface area contributed by atoms with Gasteiger partial charge < -0.3 is 26.2 Å². The van der Waals surface area contributed by atoms with E-state index in [1.165, 1.54) is 0 Å². The maximum absolute atomic E-state index is 12.6. The molecule has 2 saturated heterocycles. The topological polar surface area (TPSA) is 120 Å². The van der Waals surface area contributed by atoms with Gasteiger partial charge in [0.25, 0.3) is 0 Å². The number of amides is 4. The van der Waals surface area contributed by atoms with Crippen molar-refractivity contribution in [1.29, 1.82) is 0 Å². The van der Waals surface area contributed by atoms with Crippen molar-refractivity contribution >= 4 is 29.3 Å². The summed E-state index contributed by atoms with van der Waals surface area (Å²) >= 11 is 0. The maximum atomic E-state index is 12.6. The molecule has 1 aromatic carbocycles. The maximum Gasteiger partial charge on any atom is 0.243 e. The normalized spacial score (nSPS) is 20.9. The van der Waals surface area contributed by atoms with E-state index in [9.17, 15) is 19.2 Å². The Labute approximate surface area is 169 Å². The summed E-state index contributed by atoms with van der Waals surface area (Å²) in [5.41, 5.74) is 0.641. The first-order valence-electron chi connectivity index (χ1n) is 9.98. The van der Waals surface area contributed by atoms with Gasteiger partial charge in [0.05, 0.1) is 19.1 Å². The second-order valence-corrected chi connectivity index (χ2v) is 7.25. The smallest absolute Gasteiger partial charge is 0.243 e. The predicted octanol–water partition coefficient (Wildman–Crippen LogP) is -0.399. The molecule has 9 nitrogen and oxygen atoms in total. The average molecular weight is 401 g/mol. The standard InChI is InChI=1S/C20H27N5O4/c26-17(22-13-18(27)24-14-6-2-1-3-7-14)12-23-19(28)16-9-5-11-25(16)20(29)15-8-4-10-21-15/h1-3,6-7,15-16,21H,4-5,8-13H2,(H,22,26)(H,23,28)(H,24,27)/t15-,16+/m1/s1. The molecule has 2 aliphatic heterocycles. The summed E-state index contributed by atoms with van der Waals surface area (Å²) < 4.78 is 0. The summed E-state index contributed by atoms with van der Waals surface area (Å²) in [7, 11) is 0. The van der Waals surface area contributed by atoms with E-state index in [1.807, 2.05) is 6.07 Å². The van der Waals surface area contributed by atoms with Gasteiger partial charge in [0.1, 0.15) is 6.04 Å². The molecule has 0 aromatic heterocycles. The molecule has 0 saturated carbocycles. The highest BCUT2D eigenvalue weighted by Gasteiger charge is 2.37. The van der Waals surface area contributed by atoms with Crippen LogP contribution in [0.2, 0.25) is 0 Å². The van der Waals surface area contributed by atoms with Crippen molar-refractivity contribution in [2.45, 2.75) is 37.8 Å². The van der Waals surface area contributed by atoms with Crippen LogP contribution < -0.4 is 21.3 Å². The van der Waals surface area contributed by atoms with Crippen LogP contribution in [0.25, 0.3) is 0 Å². The number of nitrogens with zero attached hydrogens (tertiary/aromatic N) is 1. The Hall–Kier alpha value is -2.94. The molecule has 2 aliphatic rings. The molecule has 9 heteroatoms. The summed E-state index contributed by atoms with van der Waals surface area (Å²) in [4.78, 5) is 50.5. The van der Waals surface area contributed by atoms with Crippen LogP contribution in [-0.2, 0) is 19.2 Å². The molecule has 1 aromatic rings. The predicted molar refractivity (Wildman–Crippen MR) is 107 cm³/mol. The van der Waals surface area contributed by atoms with E-state index in [0.29, 0.717) is 18.7 Å². The largest absolute Gasteiger partial charge is 0.345 e. The molecule has 4 N–H and O–H groups in total. The minimum absolute atomic E-state index is 0.0396. The van der Waals surface area contributed by atoms with E-state index < -0.39 is 11.9 Å². The van der Waals surface area contributed by atoms with Crippen LogP contribution in [0.1, 0.15) is 25.7 Å². The lowest BCUT2D eigenvalue weighted by atomic mass is 10.1. The zero-order valence-corrected chi connectivity index (χ0v) is 16.3. The molecule has 0 radical (unpaired) electrons. The lowest BCUT2D eigenvalue weighted by Gasteiger charge is -2.26. The lowest BCUT2D eigenvalue weighted by Crippen LogP contribution is -2.52. The fourth-order valence-electron chi connectivity index (χ4n) is 3.65. The Morgan fingerprint density at radius 1 is 0.966 bits per heavy atom. The third-order valence-corrected chi connectivity index (χ3v) is 5.12. The Balaban J connectivity index is 1.39. The number of hydrogen-bond donors (Lipinski definition) is 4. The molecule has 2 atom stereocenters. The second-order valence-electron chi connectivity index (χ2n) is 7.25. The van der Waals surface area contributed by atoms with Crippen LogP contribution in [0.4, 0.5) is 5.69 Å². The minimum Gasteiger partial charge on any atom is -0.345 e. The van der Waals surface area contributed by atoms with Gasteiger partial charge in [0, 0.05) is 12.2 Å². The van der Waals surface area contributed by atoms with Crippen molar-refractivity contribution in [2.24, 2.45) is 0 Å². The zero-order valence-electron chi connectivity index (χ0n) is 16.3. The van der Waals surface area contributed by atoms with Crippen molar-refractivity contribution in [3.8, 4) is 0 Å². The first-order chi connectivity index (χ1) is 14.0. The summed E-state index contributed by atoms with van der Waals surface area (Å²) in [6.07, 6.45) is 3.10. The number of likely N-dealkylation sites (tertiary alicyclic amines) is 1. The minimum atomic E-state index is -0.543. The fourth-order valence-corrected chi connectivity index (χ4v) is 3.65. The Bertz CT molecular complexity index is 748. The van der Waals surface area contributed by atoms with Crippen molar-refractivity contribution in [3.63, 3.8) is 0 Å². The first kappa shape index (κ1) is 20.8. The number of carbonyl (C=O) groups is 4. The van der Waals surface area contributed by atoms with Gasteiger partial charge in [-0.2, -0.15) is 0 Å². The molecule has 0 bridgehead atoms. The molecule has 2 heterocycles. The third kappa shape index (κ3) is 5.77. The highest BCUT2D eigenvalue weighted by atomic mass is 16.2. The molecule has 4 amide bonds. The molecule has 0 aliphatic carbocycles. The Morgan fingerprint density at radius 3 is 2.45 bits per heavy atom. The van der Waals surface area contributed by atoms with Crippen molar-refractivity contribution < 1.29 is 19.2 Å². The summed E-state index contributed by atoms with van der Waals surface area (Å²) in [5.74, 6) is -1.19. The first-order valence-corrected chi connectivity index (χ1v) is 9.98. The van der Waals surface area contributed by atoms with Gasteiger partial charge in [-0.25, -0.2) is 0 Å². The van der Waals surface area contributed by atoms with Crippen LogP contribution in [0, 0.1) is 0 Å². The van der Waals surface area contributed by atoms with E-state index in [-0.39, 0.29) is 36.9 Å². The van der Waals surface area contributed by atoms with Gasteiger partial charge in [-0.3, -0.25) is 19.2 Å². The van der Waals surface area contributed by atoms with Crippen LogP contribution in [0.5, 0.6) is 0 Å². The monoisotopic (exact) mass is 401 g/mol. The van der Waals surface area contributed by atoms with Gasteiger partial charge in [-0.05, 0) is 44.4 Å². The number of anilines is 1. The summed E-state index contributed by atoms with van der Waals surface area (Å²) in [6, 6.07) is 8.16. The van der Waals surface area contributed by atoms with Crippen molar-refractivity contribution in [3.05, 3.63) is 30.3 Å². The van der Waals surface area contributed by atoms with Gasteiger partial charge in [-0.15, -0.1) is 0 Å². The number of benzene rings is 1. The molecule has 2 fully saturated rings. The third-order valence-electron chi connectivity index (χ3n) is 5.12. The lowest BCUT2D eigenvalue weighted by molar-refractivity contribution is -0.140. The average Bonchev–Trinajstić information content (AvgIpc) is 3.43. The number of hydrogen-bond acceptors (Lipinski definition) is 5. The van der Waals surface area contributed by atoms with Gasteiger partial charge in [-0.1, -0.05) is 18.2 Å². The fraction of sp³-hybridized carbons (Fsp3) is 0.500. The second kappa shape index (κ2) is 10.0. The van der Waals surface area contributed by atoms with Crippen LogP contribution >= 0.6 is 0 Å². The van der Waals surface area contributed by atoms with Gasteiger partial charge in [0.15, 0.2) is 0 Å². The molecule has 29 heavy (non-hydrogen) atoms. The molecular formula is C20H27N5O4. The molecular weight excluding hydrogens is 374 g/mol. The molecule has 156 valence electrons. The number of nitrogens with one attached hydrogen (secondary N) is 4. The van der Waals surface area contributed by atoms with E-state index >= 15 is 0 Å². The molecule has 0 unspecified atom stereocenters. The van der Waals surface area contributed by atoms with Crippen LogP contribution in [0.3, 0.4) is 0 Å². The van der Waals surface area contributed by atoms with E-state index in [1.54, 1.807) is 29.2 Å². The van der Waals surface area contributed by atoms with Crippen molar-refractivity contribution in [2.75, 3.05) is 31.5 Å². The number of para-hydroxylation sites is 1. The molecule has 0 spiro atoms. The number of rotatable bonds is 7. The van der Waals surface area contributed by atoms with Crippen LogP contribution in [-0.4, -0.2) is 66.8 Å². The summed E-state index contributed by atoms with van der Waals surface area (Å²) in [5, 5.41) is 10.9. The quantitative estimate of drug-likeness (QED) is 0.496. The van der Waals surface area contributed by atoms with Gasteiger partial charge in [0.2, 0.25) is 23.6 Å². The summed E-state index contributed by atoms with van der Waals surface area (Å²) in [6.45, 7) is 0.947. The Morgan fingerprint density at radius 2 is 1.72 bits per heavy atom. The SMILES string of the molecule is O=C(CNC(=O)[C@@H]1CCCN1C(=O)[C@H]1CCCN1)NCC(=O)Nc1ccccc1. The molecule has 3 rings (SSSR count). The van der Waals surface area contributed by atoms with Crippen LogP contribution in [0.15, 0.2) is 30.3 Å². The number of carbonyl (C=O) groups excluding carboxylic acids is 4. The van der Waals surface area contributed by atoms with E-state index in [0.717, 1.165) is 25.8 Å². The zero-order chi connectivity index (χ0) is 20.6. The van der Waals surface area contributed by atoms with E-state index in [4.69, 9.17) is 0 Å². The van der Waals surface area contributed by atoms with Crippen molar-refractivity contribution in [1.82, 2.24) is 20.9 Å². The highest BCUT2D eigenvalue weighted by Crippen LogP contribution is 2.20. The Kier molecular flexibility index (Phi) is 7.18. The highest BCUT2D eigenvalue weighted by molar-refractivity contribution is 5.96. The van der Waals surface area contributed by atoms with E-state index in [2.05, 4.69) is 21.3 Å². The van der Waals surface area contributed by atoms with Gasteiger partial charge >= 0.3 is 0 Å².